The average Bonchev–Trinajstić information content (AvgIpc) is 0.793. The third-order valence-corrected chi connectivity index (χ3v) is 27.4. The Hall–Kier alpha value is -2.83. The van der Waals surface area contributed by atoms with E-state index in [9.17, 15) is 246 Å². The summed E-state index contributed by atoms with van der Waals surface area (Å²) in [5.41, 5.74) is 0. The molecule has 144 heavy (non-hydrogen) atoms. The number of hydrogen-bond donors (Lipinski definition) is 19. The zero-order valence-electron chi connectivity index (χ0n) is 67.9. The van der Waals surface area contributed by atoms with E-state index in [0.29, 0.717) is 7.11 Å². The predicted molar refractivity (Wildman–Crippen MR) is 412 cm³/mol. The molecule has 0 aromatic carbocycles. The van der Waals surface area contributed by atoms with Crippen LogP contribution in [0.25, 0.3) is 0 Å². The van der Waals surface area contributed by atoms with Crippen LogP contribution in [0.1, 0.15) is 0 Å². The van der Waals surface area contributed by atoms with Crippen molar-refractivity contribution in [2.45, 2.75) is 166 Å². The maximum absolute atomic E-state index is 13.4. The van der Waals surface area contributed by atoms with Gasteiger partial charge < -0.3 is 56.8 Å². The van der Waals surface area contributed by atoms with E-state index < -0.39 is 437 Å². The van der Waals surface area contributed by atoms with Crippen molar-refractivity contribution >= 4 is 197 Å². The van der Waals surface area contributed by atoms with Crippen LogP contribution < -0.4 is 0 Å². The molecule has 19 N–H and O–H groups in total. The highest BCUT2D eigenvalue weighted by Gasteiger charge is 2.64. The molecule has 6 fully saturated rings. The van der Waals surface area contributed by atoms with Crippen LogP contribution in [-0.4, -0.2) is 476 Å². The first kappa shape index (κ1) is 130. The lowest BCUT2D eigenvalue weighted by Crippen LogP contribution is -2.68. The molecule has 0 saturated carbocycles. The van der Waals surface area contributed by atoms with Crippen LogP contribution in [0.2, 0.25) is 0 Å². The first-order valence-corrected chi connectivity index (χ1v) is 61.6. The second-order valence-electron chi connectivity index (χ2n) is 27.9. The molecule has 30 atom stereocenters. The smallest absolute Gasteiger partial charge is 0.353 e. The maximum atomic E-state index is 13.4. The zero-order chi connectivity index (χ0) is 111. The van der Waals surface area contributed by atoms with E-state index in [4.69, 9.17) is 56.8 Å². The van der Waals surface area contributed by atoms with Crippen LogP contribution >= 0.6 is 0 Å². The Balaban J connectivity index is 1.75. The van der Waals surface area contributed by atoms with E-state index in [-0.39, 0.29) is 0 Å². The highest BCUT2D eigenvalue weighted by atomic mass is 32.3. The molecule has 0 unspecified atom stereocenters. The van der Waals surface area contributed by atoms with Crippen molar-refractivity contribution in [1.82, 2.24) is 0 Å². The van der Waals surface area contributed by atoms with E-state index in [1.807, 2.05) is 0 Å². The van der Waals surface area contributed by atoms with Gasteiger partial charge in [-0.05, 0) is 0 Å². The average molecular weight is 2520 g/mol. The van der Waals surface area contributed by atoms with Gasteiger partial charge in [0.25, 0.3) is 30.4 Å². The summed E-state index contributed by atoms with van der Waals surface area (Å²) in [5, 5.41) is 0. The molecule has 0 spiro atoms. The summed E-state index contributed by atoms with van der Waals surface area (Å²) in [6, 6.07) is 0. The summed E-state index contributed by atoms with van der Waals surface area (Å²) in [5.74, 6) is -17.0. The molecular formula is C40H70O85S19. The molecule has 104 heteroatoms. The van der Waals surface area contributed by atoms with Gasteiger partial charge in [0.1, 0.15) is 79.4 Å². The van der Waals surface area contributed by atoms with Crippen LogP contribution in [0.3, 0.4) is 0 Å². The molecule has 85 nitrogen and oxygen atoms in total. The van der Waals surface area contributed by atoms with E-state index in [1.54, 1.807) is 0 Å². The van der Waals surface area contributed by atoms with Gasteiger partial charge in [-0.15, -0.1) is 0 Å². The minimum atomic E-state index is -7.03. The Kier molecular flexibility index (Phi) is 43.1. The first-order valence-electron chi connectivity index (χ1n) is 34.9. The highest BCUT2D eigenvalue weighted by Crippen LogP contribution is 2.45. The Labute approximate surface area is 808 Å². The molecule has 6 aliphatic rings. The van der Waals surface area contributed by atoms with Crippen molar-refractivity contribution in [1.29, 1.82) is 0 Å². The summed E-state index contributed by atoms with van der Waals surface area (Å²) in [6.07, 6.45) is -98.4. The van der Waals surface area contributed by atoms with Gasteiger partial charge in [-0.25, -0.2) is 66.9 Å². The first-order chi connectivity index (χ1) is 64.1. The third-order valence-electron chi connectivity index (χ3n) is 17.6. The van der Waals surface area contributed by atoms with Crippen molar-refractivity contribution in [3.05, 3.63) is 0 Å². The summed E-state index contributed by atoms with van der Waals surface area (Å²) < 4.78 is 804. The molecule has 0 bridgehead atoms. The van der Waals surface area contributed by atoms with Gasteiger partial charge in [0.2, 0.25) is 0 Å². The molecule has 6 saturated heterocycles. The summed E-state index contributed by atoms with van der Waals surface area (Å²) >= 11 is 0. The summed E-state index contributed by atoms with van der Waals surface area (Å²) in [6.45, 7) is -14.2. The second kappa shape index (κ2) is 47.9. The van der Waals surface area contributed by atoms with Gasteiger partial charge in [0, 0.05) is 24.9 Å². The summed E-state index contributed by atoms with van der Waals surface area (Å²) in [7, 11) is -124. The van der Waals surface area contributed by atoms with Crippen LogP contribution in [-0.2, 0) is 321 Å². The van der Waals surface area contributed by atoms with Gasteiger partial charge in [-0.3, -0.25) is 86.5 Å². The van der Waals surface area contributed by atoms with E-state index in [1.165, 1.54) is 0 Å². The number of ether oxygens (including phenoxy) is 12. The van der Waals surface area contributed by atoms with Crippen LogP contribution in [0.4, 0.5) is 0 Å². The van der Waals surface area contributed by atoms with Gasteiger partial charge in [-0.2, -0.15) is 160 Å². The lowest BCUT2D eigenvalue weighted by Gasteiger charge is -2.49. The number of methoxy groups -OCH3 is 1. The second-order valence-corrected chi connectivity index (χ2v) is 49.3. The molecule has 0 amide bonds. The van der Waals surface area contributed by atoms with E-state index in [0.717, 1.165) is 0 Å². The van der Waals surface area contributed by atoms with Gasteiger partial charge in [0.15, 0.2) is 68.3 Å². The fourth-order valence-electron chi connectivity index (χ4n) is 13.5. The summed E-state index contributed by atoms with van der Waals surface area (Å²) in [4.78, 5) is 0. The lowest BCUT2D eigenvalue weighted by atomic mass is 9.88. The quantitative estimate of drug-likeness (QED) is 0.0251. The fourth-order valence-corrected chi connectivity index (χ4v) is 23.6. The van der Waals surface area contributed by atoms with Crippen LogP contribution in [0, 0.1) is 17.8 Å². The molecule has 6 rings (SSSR count). The van der Waals surface area contributed by atoms with Crippen molar-refractivity contribution in [2.24, 2.45) is 17.8 Å². The Morgan fingerprint density at radius 1 is 0.174 bits per heavy atom. The Morgan fingerprint density at radius 2 is 0.361 bits per heavy atom. The fraction of sp³-hybridized carbons (Fsp3) is 1.00. The molecule has 854 valence electrons. The van der Waals surface area contributed by atoms with Crippen molar-refractivity contribution in [2.75, 3.05) is 64.0 Å². The zero-order valence-corrected chi connectivity index (χ0v) is 83.4. The topological polar surface area (TPSA) is 1290 Å². The molecule has 0 aromatic heterocycles. The van der Waals surface area contributed by atoms with E-state index >= 15 is 0 Å². The number of hydrogen-bond acceptors (Lipinski definition) is 66. The standard InChI is InChI=1S/C40H70O85S19/c1-98-35-30(121-140(83,84)85)21(111-39-31(122-141(86,87)88)22(114-133(62,63)64)12(9-127(44,45)46)15(106-39)5-102-129(50,51)52)11(8-126(41,42)43)14(105-35)2-99-36-23(115-134(65,66)67)13(10-128(47,48)49)20(113-132(59,60)61)16(107-36)3-100-37-32(123-142(89,90)91)27(112-40-34(125-144(95,96)97)29(120-139(80,81)82)26(118-137(74,75)76)19(110-40)7-104-131(56,57)58)24(116-135(68,69)70)17(108-37)4-101-38-33(124-143(92,93)94)28(119-138(77,78)79)25(117-136(71,72)73)18(109-38)6-103-130(53,54)55/h11-40H,2-10H2,1H3,(H,41,42,43)(H,44,45,46)(H,47,48,49)(H,50,51,52)(H,53,54,55)(H,56,57,58)(H,59,60,61)(H,62,63,64)(H,65,66,67)(H,68,69,70)(H,71,72,73)(H,74,75,76)(H,77,78,79)(H,80,81,82)(H,83,84,85)(H,86,87,88)(H,89,90,91)(H,92,93,94)(H,95,96,97)/t11-,12-,13+,14-,15-,16-,17-,18-,19-,20+,21+,22+,23-,24-,25-,26-,27+,28+,29+,30-,31-,32-,33-,34-,35+,36-,37-,38-,39+,40+/m1/s1. The van der Waals surface area contributed by atoms with Gasteiger partial charge in [0.05, 0.1) is 75.2 Å². The molecule has 0 aromatic rings. The number of rotatable bonds is 55. The highest BCUT2D eigenvalue weighted by molar-refractivity contribution is 7.87. The van der Waals surface area contributed by atoms with Crippen molar-refractivity contribution < 1.29 is 370 Å². The minimum absolute atomic E-state index is 0.298. The Morgan fingerprint density at radius 3 is 0.674 bits per heavy atom. The minimum Gasteiger partial charge on any atom is -0.353 e. The largest absolute Gasteiger partial charge is 0.397 e. The molecular weight excluding hydrogens is 2450 g/mol. The van der Waals surface area contributed by atoms with Crippen molar-refractivity contribution in [3.8, 4) is 0 Å². The molecule has 0 aliphatic carbocycles. The molecule has 6 aliphatic heterocycles. The molecule has 6 heterocycles. The van der Waals surface area contributed by atoms with Gasteiger partial charge >= 0.3 is 166 Å². The maximum Gasteiger partial charge on any atom is 0.397 e. The SMILES string of the molecule is CO[C@H]1O[C@H](CO[C@@H]2O[C@H](CO[C@@H]3O[C@H](CO[C@@H]4O[C@H](COS(=O)(=O)O)[C@@H](OS(=O)(=O)O)[C@H](OS(=O)(=O)O)[C@H]4OS(=O)(=O)O)[C@@H](OS(=O)(=O)O)[C@H](O[C@@H]4O[C@H](COS(=O)(=O)O)[C@@H](OS(=O)(=O)O)[C@H](OS(=O)(=O)O)[C@H]4OS(=O)(=O)O)[C@H]3OS(=O)(=O)O)[C@@H](OS(=O)(=O)O)[C@H](CS(=O)(=O)O)[C@H]2OS(=O)(=O)O)[C@@H](CS(=O)(=O)O)[C@H](O[C@@H]2O[C@H](COS(=O)(=O)O)[C@@H](CS(=O)(=O)O)[C@H](OS(=O)(=O)O)[C@H]2OS(=O)(=O)O)[C@H]1OS(=O)(=O)O. The van der Waals surface area contributed by atoms with Crippen LogP contribution in [0.15, 0.2) is 0 Å². The Bertz CT molecular complexity index is 6860. The van der Waals surface area contributed by atoms with Crippen LogP contribution in [0.5, 0.6) is 0 Å². The third kappa shape index (κ3) is 46.1. The monoisotopic (exact) mass is 2520 g/mol. The lowest BCUT2D eigenvalue weighted by molar-refractivity contribution is -0.361. The predicted octanol–water partition coefficient (Wildman–Crippen LogP) is -15.8. The normalized spacial score (nSPS) is 33.4. The van der Waals surface area contributed by atoms with E-state index in [2.05, 4.69) is 66.9 Å². The molecule has 0 radical (unpaired) electrons. The van der Waals surface area contributed by atoms with Crippen molar-refractivity contribution in [3.63, 3.8) is 0 Å². The van der Waals surface area contributed by atoms with Gasteiger partial charge in [-0.1, -0.05) is 0 Å².